The number of nitrogens with zero attached hydrogens (tertiary/aromatic N) is 2. The van der Waals surface area contributed by atoms with Crippen LogP contribution in [0.3, 0.4) is 0 Å². The Morgan fingerprint density at radius 3 is 2.76 bits per heavy atom. The third kappa shape index (κ3) is 2.25. The molecule has 0 radical (unpaired) electrons. The average molecular weight is 350 g/mol. The lowest BCUT2D eigenvalue weighted by Crippen LogP contribution is -2.03. The van der Waals surface area contributed by atoms with Crippen molar-refractivity contribution in [2.75, 3.05) is 12.8 Å². The highest BCUT2D eigenvalue weighted by atomic mass is 79.9. The van der Waals surface area contributed by atoms with Gasteiger partial charge in [-0.2, -0.15) is 0 Å². The number of benzene rings is 2. The normalized spacial score (nSPS) is 11.0. The van der Waals surface area contributed by atoms with Crippen LogP contribution in [0.5, 0.6) is 5.75 Å². The van der Waals surface area contributed by atoms with Crippen LogP contribution in [-0.2, 0) is 0 Å². The monoisotopic (exact) mass is 349 g/mol. The molecule has 108 valence electrons. The van der Waals surface area contributed by atoms with E-state index in [2.05, 4.69) is 20.9 Å². The maximum atomic E-state index is 13.9. The Morgan fingerprint density at radius 1 is 1.29 bits per heavy atom. The molecule has 0 saturated heterocycles. The van der Waals surface area contributed by atoms with Crippen molar-refractivity contribution in [2.24, 2.45) is 0 Å². The summed E-state index contributed by atoms with van der Waals surface area (Å²) >= 11 is 3.18. The summed E-state index contributed by atoms with van der Waals surface area (Å²) in [6, 6.07) is 8.63. The number of nitrogen functional groups attached to an aromatic ring is 1. The summed E-state index contributed by atoms with van der Waals surface area (Å²) in [4.78, 5) is 4.31. The summed E-state index contributed by atoms with van der Waals surface area (Å²) < 4.78 is 21.3. The molecule has 2 aromatic carbocycles. The highest BCUT2D eigenvalue weighted by molar-refractivity contribution is 9.10. The van der Waals surface area contributed by atoms with Crippen molar-refractivity contribution in [3.05, 3.63) is 46.2 Å². The molecule has 3 aromatic rings. The van der Waals surface area contributed by atoms with Gasteiger partial charge in [-0.25, -0.2) is 9.37 Å². The molecule has 0 fully saturated rings. The smallest absolute Gasteiger partial charge is 0.205 e. The van der Waals surface area contributed by atoms with Gasteiger partial charge in [-0.3, -0.25) is 4.57 Å². The van der Waals surface area contributed by atoms with Crippen LogP contribution in [0.15, 0.2) is 34.8 Å². The molecule has 1 heterocycles. The van der Waals surface area contributed by atoms with Gasteiger partial charge < -0.3 is 10.5 Å². The van der Waals surface area contributed by atoms with E-state index in [1.807, 2.05) is 25.1 Å². The summed E-state index contributed by atoms with van der Waals surface area (Å²) in [5.74, 6) is 0.654. The van der Waals surface area contributed by atoms with Crippen LogP contribution in [0, 0.1) is 12.7 Å². The second-order valence-corrected chi connectivity index (χ2v) is 5.57. The standard InChI is InChI=1S/C15H13BrFN3O/c1-8-5-10(16)11(17)7-13(8)20-14-6-9(21-2)3-4-12(14)19-15(20)18/h3-7H,1-2H3,(H2,18,19). The van der Waals surface area contributed by atoms with E-state index in [1.54, 1.807) is 17.7 Å². The highest BCUT2D eigenvalue weighted by Gasteiger charge is 2.14. The molecule has 0 unspecified atom stereocenters. The molecule has 0 aliphatic heterocycles. The first-order valence-electron chi connectivity index (χ1n) is 6.29. The zero-order valence-corrected chi connectivity index (χ0v) is 13.1. The van der Waals surface area contributed by atoms with E-state index >= 15 is 0 Å². The van der Waals surface area contributed by atoms with E-state index in [4.69, 9.17) is 10.5 Å². The number of rotatable bonds is 2. The summed E-state index contributed by atoms with van der Waals surface area (Å²) in [6.45, 7) is 1.89. The van der Waals surface area contributed by atoms with Gasteiger partial charge in [-0.15, -0.1) is 0 Å². The van der Waals surface area contributed by atoms with Crippen LogP contribution in [0.25, 0.3) is 16.7 Å². The van der Waals surface area contributed by atoms with E-state index in [9.17, 15) is 4.39 Å². The SMILES string of the molecule is COc1ccc2nc(N)n(-c3cc(F)c(Br)cc3C)c2c1. The zero-order chi connectivity index (χ0) is 15.1. The molecule has 0 aliphatic rings. The van der Waals surface area contributed by atoms with Crippen LogP contribution in [0.1, 0.15) is 5.56 Å². The van der Waals surface area contributed by atoms with Gasteiger partial charge >= 0.3 is 0 Å². The number of imidazole rings is 1. The Kier molecular flexibility index (Phi) is 3.33. The topological polar surface area (TPSA) is 53.1 Å². The molecule has 6 heteroatoms. The van der Waals surface area contributed by atoms with Crippen molar-refractivity contribution in [3.8, 4) is 11.4 Å². The minimum atomic E-state index is -0.347. The van der Waals surface area contributed by atoms with E-state index < -0.39 is 0 Å². The summed E-state index contributed by atoms with van der Waals surface area (Å²) in [5, 5.41) is 0. The summed E-state index contributed by atoms with van der Waals surface area (Å²) in [6.07, 6.45) is 0. The van der Waals surface area contributed by atoms with Gasteiger partial charge in [-0.05, 0) is 52.7 Å². The van der Waals surface area contributed by atoms with Crippen molar-refractivity contribution < 1.29 is 9.13 Å². The summed E-state index contributed by atoms with van der Waals surface area (Å²) in [7, 11) is 1.59. The van der Waals surface area contributed by atoms with Gasteiger partial charge in [0, 0.05) is 6.07 Å². The number of aromatic nitrogens is 2. The lowest BCUT2D eigenvalue weighted by Gasteiger charge is -2.11. The van der Waals surface area contributed by atoms with Crippen LogP contribution in [-0.4, -0.2) is 16.7 Å². The first kappa shape index (κ1) is 13.9. The van der Waals surface area contributed by atoms with Gasteiger partial charge in [0.2, 0.25) is 5.95 Å². The van der Waals surface area contributed by atoms with Crippen LogP contribution >= 0.6 is 15.9 Å². The second kappa shape index (κ2) is 5.04. The highest BCUT2D eigenvalue weighted by Crippen LogP contribution is 2.30. The first-order valence-corrected chi connectivity index (χ1v) is 7.08. The molecular weight excluding hydrogens is 337 g/mol. The number of aryl methyl sites for hydroxylation is 1. The zero-order valence-electron chi connectivity index (χ0n) is 11.5. The Morgan fingerprint density at radius 2 is 2.05 bits per heavy atom. The molecule has 21 heavy (non-hydrogen) atoms. The second-order valence-electron chi connectivity index (χ2n) is 4.71. The third-order valence-corrected chi connectivity index (χ3v) is 3.98. The van der Waals surface area contributed by atoms with Crippen LogP contribution in [0.2, 0.25) is 0 Å². The molecule has 0 spiro atoms. The maximum Gasteiger partial charge on any atom is 0.205 e. The average Bonchev–Trinajstić information content (AvgIpc) is 2.78. The fourth-order valence-corrected chi connectivity index (χ4v) is 2.79. The number of ether oxygens (including phenoxy) is 1. The molecule has 0 saturated carbocycles. The molecule has 0 amide bonds. The summed E-state index contributed by atoms with van der Waals surface area (Å²) in [5.41, 5.74) is 9.06. The number of halogens is 2. The van der Waals surface area contributed by atoms with E-state index in [0.29, 0.717) is 21.9 Å². The van der Waals surface area contributed by atoms with Crippen molar-refractivity contribution in [2.45, 2.75) is 6.92 Å². The molecule has 3 rings (SSSR count). The van der Waals surface area contributed by atoms with Gasteiger partial charge in [0.05, 0.1) is 28.3 Å². The number of anilines is 1. The molecule has 0 bridgehead atoms. The Labute approximate surface area is 129 Å². The number of fused-ring (bicyclic) bond motifs is 1. The van der Waals surface area contributed by atoms with E-state index in [0.717, 1.165) is 16.6 Å². The van der Waals surface area contributed by atoms with Crippen molar-refractivity contribution in [1.29, 1.82) is 0 Å². The fraction of sp³-hybridized carbons (Fsp3) is 0.133. The molecule has 0 aliphatic carbocycles. The van der Waals surface area contributed by atoms with Crippen molar-refractivity contribution in [1.82, 2.24) is 9.55 Å². The minimum absolute atomic E-state index is 0.308. The Bertz CT molecular complexity index is 845. The van der Waals surface area contributed by atoms with Gasteiger partial charge in [-0.1, -0.05) is 0 Å². The maximum absolute atomic E-state index is 13.9. The third-order valence-electron chi connectivity index (χ3n) is 3.37. The number of hydrogen-bond acceptors (Lipinski definition) is 3. The Hall–Kier alpha value is -2.08. The lowest BCUT2D eigenvalue weighted by atomic mass is 10.2. The first-order chi connectivity index (χ1) is 10.0. The molecule has 2 N–H and O–H groups in total. The molecule has 0 atom stereocenters. The van der Waals surface area contributed by atoms with Crippen LogP contribution < -0.4 is 10.5 Å². The van der Waals surface area contributed by atoms with Gasteiger partial charge in [0.1, 0.15) is 11.6 Å². The molecule has 1 aromatic heterocycles. The van der Waals surface area contributed by atoms with Crippen molar-refractivity contribution in [3.63, 3.8) is 0 Å². The van der Waals surface area contributed by atoms with E-state index in [-0.39, 0.29) is 5.82 Å². The molecular formula is C15H13BrFN3O. The predicted octanol–water partition coefficient (Wildman–Crippen LogP) is 3.83. The van der Waals surface area contributed by atoms with Crippen molar-refractivity contribution >= 4 is 32.9 Å². The largest absolute Gasteiger partial charge is 0.497 e. The predicted molar refractivity (Wildman–Crippen MR) is 84.4 cm³/mol. The van der Waals surface area contributed by atoms with Gasteiger partial charge in [0.25, 0.3) is 0 Å². The lowest BCUT2D eigenvalue weighted by molar-refractivity contribution is 0.415. The molecule has 4 nitrogen and oxygen atoms in total. The number of methoxy groups -OCH3 is 1. The van der Waals surface area contributed by atoms with E-state index in [1.165, 1.54) is 6.07 Å². The fourth-order valence-electron chi connectivity index (χ4n) is 2.33. The quantitative estimate of drug-likeness (QED) is 0.764. The minimum Gasteiger partial charge on any atom is -0.497 e. The number of nitrogens with two attached hydrogens (primary N) is 1. The van der Waals surface area contributed by atoms with Crippen LogP contribution in [0.4, 0.5) is 10.3 Å². The van der Waals surface area contributed by atoms with Gasteiger partial charge in [0.15, 0.2) is 0 Å². The number of hydrogen-bond donors (Lipinski definition) is 1. The Balaban J connectivity index is 2.34.